The first kappa shape index (κ1) is 16.4. The summed E-state index contributed by atoms with van der Waals surface area (Å²) in [7, 11) is 0. The van der Waals surface area contributed by atoms with E-state index in [0.717, 1.165) is 43.6 Å². The molecule has 112 valence electrons. The number of rotatable bonds is 8. The van der Waals surface area contributed by atoms with Gasteiger partial charge in [0.25, 0.3) is 0 Å². The zero-order valence-corrected chi connectivity index (χ0v) is 11.5. The summed E-state index contributed by atoms with van der Waals surface area (Å²) in [5, 5.41) is 33.7. The largest absolute Gasteiger partial charge is 0.785 e. The summed E-state index contributed by atoms with van der Waals surface area (Å²) >= 11 is 0. The van der Waals surface area contributed by atoms with Crippen LogP contribution < -0.4 is 5.32 Å². The highest BCUT2D eigenvalue weighted by atomic mass is 16.5. The second kappa shape index (κ2) is 8.47. The average molecular weight is 273 g/mol. The standard InChI is InChI=1S/C13H25N2O4/c1-10-13(18)14-9-11(15(10)19)7-5-3-2-4-6-8-12(16)17/h10-11,13-14,18H,2-9H2,1H3,(H,16,17)/q-1/t10-,11+,13-/m0/s1. The van der Waals surface area contributed by atoms with E-state index in [2.05, 4.69) is 5.32 Å². The molecule has 0 bridgehead atoms. The molecule has 0 unspecified atom stereocenters. The number of aliphatic hydroxyl groups is 1. The lowest BCUT2D eigenvalue weighted by molar-refractivity contribution is -0.137. The van der Waals surface area contributed by atoms with Crippen molar-refractivity contribution in [3.8, 4) is 0 Å². The van der Waals surface area contributed by atoms with Gasteiger partial charge in [0.15, 0.2) is 0 Å². The third-order valence-electron chi connectivity index (χ3n) is 3.71. The number of hydrogen-bond donors (Lipinski definition) is 3. The summed E-state index contributed by atoms with van der Waals surface area (Å²) in [4.78, 5) is 10.3. The third kappa shape index (κ3) is 5.86. The lowest BCUT2D eigenvalue weighted by atomic mass is 10.0. The average Bonchev–Trinajstić information content (AvgIpc) is 2.37. The smallest absolute Gasteiger partial charge is 0.303 e. The zero-order valence-electron chi connectivity index (χ0n) is 11.5. The van der Waals surface area contributed by atoms with Crippen molar-refractivity contribution >= 4 is 5.97 Å². The highest BCUT2D eigenvalue weighted by Gasteiger charge is 2.26. The molecule has 19 heavy (non-hydrogen) atoms. The highest BCUT2D eigenvalue weighted by molar-refractivity contribution is 5.66. The van der Waals surface area contributed by atoms with Crippen molar-refractivity contribution in [2.75, 3.05) is 6.54 Å². The van der Waals surface area contributed by atoms with Crippen LogP contribution in [-0.4, -0.2) is 46.1 Å². The molecule has 1 fully saturated rings. The van der Waals surface area contributed by atoms with Gasteiger partial charge < -0.3 is 20.5 Å². The second-order valence-corrected chi connectivity index (χ2v) is 5.31. The quantitative estimate of drug-likeness (QED) is 0.577. The van der Waals surface area contributed by atoms with Gasteiger partial charge >= 0.3 is 5.97 Å². The van der Waals surface area contributed by atoms with Gasteiger partial charge in [-0.15, -0.1) is 0 Å². The van der Waals surface area contributed by atoms with Gasteiger partial charge in [-0.3, -0.25) is 10.1 Å². The Kier molecular flexibility index (Phi) is 7.30. The van der Waals surface area contributed by atoms with Gasteiger partial charge in [-0.25, -0.2) is 0 Å². The molecule has 0 aromatic rings. The van der Waals surface area contributed by atoms with Crippen molar-refractivity contribution in [1.82, 2.24) is 10.4 Å². The summed E-state index contributed by atoms with van der Waals surface area (Å²) in [6.07, 6.45) is 5.03. The molecule has 1 heterocycles. The van der Waals surface area contributed by atoms with Gasteiger partial charge in [0.2, 0.25) is 0 Å². The topological polar surface area (TPSA) is 95.9 Å². The first-order valence-corrected chi connectivity index (χ1v) is 7.11. The summed E-state index contributed by atoms with van der Waals surface area (Å²) in [6, 6.07) is -0.452. The first-order chi connectivity index (χ1) is 9.02. The van der Waals surface area contributed by atoms with E-state index in [0.29, 0.717) is 6.54 Å². The molecule has 0 aliphatic carbocycles. The molecule has 0 aromatic carbocycles. The van der Waals surface area contributed by atoms with Crippen LogP contribution in [0.2, 0.25) is 0 Å². The van der Waals surface area contributed by atoms with Crippen LogP contribution in [0.25, 0.3) is 0 Å². The lowest BCUT2D eigenvalue weighted by Gasteiger charge is -2.48. The van der Waals surface area contributed by atoms with Crippen LogP contribution in [0.5, 0.6) is 0 Å². The number of nitrogens with one attached hydrogen (secondary N) is 1. The van der Waals surface area contributed by atoms with Crippen molar-refractivity contribution in [1.29, 1.82) is 0 Å². The predicted molar refractivity (Wildman–Crippen MR) is 72.4 cm³/mol. The Hall–Kier alpha value is -0.690. The van der Waals surface area contributed by atoms with Crippen LogP contribution in [0.15, 0.2) is 0 Å². The van der Waals surface area contributed by atoms with Crippen LogP contribution in [0.4, 0.5) is 0 Å². The molecule has 6 heteroatoms. The van der Waals surface area contributed by atoms with Gasteiger partial charge in [0, 0.05) is 25.0 Å². The van der Waals surface area contributed by atoms with Gasteiger partial charge in [-0.2, -0.15) is 0 Å². The van der Waals surface area contributed by atoms with E-state index >= 15 is 0 Å². The predicted octanol–water partition coefficient (Wildman–Crippen LogP) is 1.28. The van der Waals surface area contributed by atoms with Gasteiger partial charge in [0.1, 0.15) is 6.23 Å². The minimum Gasteiger partial charge on any atom is -0.785 e. The summed E-state index contributed by atoms with van der Waals surface area (Å²) in [5.41, 5.74) is 0. The van der Waals surface area contributed by atoms with Crippen LogP contribution in [0.1, 0.15) is 51.9 Å². The molecule has 0 aromatic heterocycles. The number of nitrogens with zero attached hydrogens (tertiary/aromatic N) is 1. The molecule has 0 radical (unpaired) electrons. The SMILES string of the molecule is C[C@H]1[C@H](O)NC[C@@H](CCCCCCCC(=O)O)N1[O-]. The fourth-order valence-corrected chi connectivity index (χ4v) is 2.40. The molecule has 1 saturated heterocycles. The third-order valence-corrected chi connectivity index (χ3v) is 3.71. The number of carbonyl (C=O) groups is 1. The Morgan fingerprint density at radius 3 is 2.63 bits per heavy atom. The summed E-state index contributed by atoms with van der Waals surface area (Å²) in [6.45, 7) is 2.26. The van der Waals surface area contributed by atoms with Gasteiger partial charge in [0.05, 0.1) is 0 Å². The van der Waals surface area contributed by atoms with E-state index in [9.17, 15) is 15.1 Å². The number of aliphatic carboxylic acids is 1. The van der Waals surface area contributed by atoms with E-state index in [1.54, 1.807) is 6.92 Å². The highest BCUT2D eigenvalue weighted by Crippen LogP contribution is 2.17. The first-order valence-electron chi connectivity index (χ1n) is 7.11. The van der Waals surface area contributed by atoms with Crippen molar-refractivity contribution in [3.63, 3.8) is 0 Å². The Labute approximate surface area is 114 Å². The fourth-order valence-electron chi connectivity index (χ4n) is 2.40. The van der Waals surface area contributed by atoms with E-state index in [4.69, 9.17) is 5.11 Å². The second-order valence-electron chi connectivity index (χ2n) is 5.31. The van der Waals surface area contributed by atoms with Crippen molar-refractivity contribution in [2.24, 2.45) is 0 Å². The van der Waals surface area contributed by atoms with E-state index in [1.807, 2.05) is 0 Å². The molecule has 1 aliphatic rings. The molecule has 3 N–H and O–H groups in total. The van der Waals surface area contributed by atoms with E-state index in [-0.39, 0.29) is 12.5 Å². The van der Waals surface area contributed by atoms with Gasteiger partial charge in [-0.05, 0) is 19.8 Å². The summed E-state index contributed by atoms with van der Waals surface area (Å²) in [5.74, 6) is -0.733. The van der Waals surface area contributed by atoms with Crippen molar-refractivity contribution in [2.45, 2.75) is 70.2 Å². The Morgan fingerprint density at radius 2 is 1.95 bits per heavy atom. The number of carboxylic acid groups (broad SMARTS) is 1. The normalized spacial score (nSPS) is 28.5. The number of unbranched alkanes of at least 4 members (excludes halogenated alkanes) is 4. The molecular weight excluding hydrogens is 248 g/mol. The van der Waals surface area contributed by atoms with Crippen molar-refractivity contribution in [3.05, 3.63) is 5.21 Å². The van der Waals surface area contributed by atoms with Crippen LogP contribution >= 0.6 is 0 Å². The minimum absolute atomic E-state index is 0.0579. The molecule has 1 aliphatic heterocycles. The molecule has 0 amide bonds. The van der Waals surface area contributed by atoms with Crippen molar-refractivity contribution < 1.29 is 15.0 Å². The van der Waals surface area contributed by atoms with E-state index in [1.165, 1.54) is 0 Å². The maximum atomic E-state index is 11.8. The number of hydrogen-bond acceptors (Lipinski definition) is 5. The number of aliphatic hydroxyl groups excluding tert-OH is 1. The van der Waals surface area contributed by atoms with Crippen LogP contribution in [-0.2, 0) is 4.79 Å². The Balaban J connectivity index is 2.04. The number of hydroxylamine groups is 2. The van der Waals surface area contributed by atoms with Crippen LogP contribution in [0, 0.1) is 5.21 Å². The fraction of sp³-hybridized carbons (Fsp3) is 0.923. The Bertz CT molecular complexity index is 275. The maximum absolute atomic E-state index is 11.8. The molecule has 0 spiro atoms. The van der Waals surface area contributed by atoms with Gasteiger partial charge in [-0.1, -0.05) is 25.7 Å². The van der Waals surface area contributed by atoms with Crippen LogP contribution in [0.3, 0.4) is 0 Å². The molecule has 0 saturated carbocycles. The zero-order chi connectivity index (χ0) is 14.3. The number of piperazine rings is 1. The monoisotopic (exact) mass is 273 g/mol. The summed E-state index contributed by atoms with van der Waals surface area (Å²) < 4.78 is 0. The van der Waals surface area contributed by atoms with E-state index < -0.39 is 18.2 Å². The maximum Gasteiger partial charge on any atom is 0.303 e. The number of carboxylic acids is 1. The lowest BCUT2D eigenvalue weighted by Crippen LogP contribution is -2.59. The molecule has 1 rings (SSSR count). The Morgan fingerprint density at radius 1 is 1.32 bits per heavy atom. The minimum atomic E-state index is -0.733. The molecule has 3 atom stereocenters. The molecular formula is C13H25N2O4-. The molecule has 6 nitrogen and oxygen atoms in total.